The van der Waals surface area contributed by atoms with Gasteiger partial charge in [0.1, 0.15) is 47.9 Å². The maximum absolute atomic E-state index is 13.4. The number of amides is 1. The smallest absolute Gasteiger partial charge is 0.408 e. The minimum atomic E-state index is -1.45. The lowest BCUT2D eigenvalue weighted by Crippen LogP contribution is -2.50. The number of ether oxygens (including phenoxy) is 4. The summed E-state index contributed by atoms with van der Waals surface area (Å²) in [4.78, 5) is 42.1. The number of carbonyl (C=O) groups excluding carboxylic acids is 3. The van der Waals surface area contributed by atoms with Crippen LogP contribution in [0.3, 0.4) is 0 Å². The van der Waals surface area contributed by atoms with Crippen molar-refractivity contribution in [2.24, 2.45) is 11.8 Å². The molecule has 2 aromatic heterocycles. The van der Waals surface area contributed by atoms with Crippen LogP contribution in [0.2, 0.25) is 0 Å². The third kappa shape index (κ3) is 7.00. The van der Waals surface area contributed by atoms with Crippen LogP contribution in [0.15, 0.2) is 18.5 Å². The van der Waals surface area contributed by atoms with E-state index in [2.05, 4.69) is 15.4 Å². The molecule has 40 heavy (non-hydrogen) atoms. The van der Waals surface area contributed by atoms with E-state index in [1.54, 1.807) is 53.7 Å². The fraction of sp³-hybridized carbons (Fsp3) is 0.667. The Morgan fingerprint density at radius 1 is 1.23 bits per heavy atom. The van der Waals surface area contributed by atoms with Gasteiger partial charge in [-0.15, -0.1) is 0 Å². The van der Waals surface area contributed by atoms with Gasteiger partial charge >= 0.3 is 18.0 Å². The van der Waals surface area contributed by atoms with Crippen molar-refractivity contribution in [2.75, 3.05) is 12.3 Å². The van der Waals surface area contributed by atoms with Crippen molar-refractivity contribution < 1.29 is 38.4 Å². The predicted molar refractivity (Wildman–Crippen MR) is 144 cm³/mol. The molecule has 3 rings (SSSR count). The highest BCUT2D eigenvalue weighted by atomic mass is 16.6. The van der Waals surface area contributed by atoms with Crippen molar-refractivity contribution >= 4 is 29.4 Å². The highest BCUT2D eigenvalue weighted by Gasteiger charge is 2.56. The minimum Gasteiger partial charge on any atom is -0.463 e. The van der Waals surface area contributed by atoms with E-state index in [1.165, 1.54) is 10.8 Å². The number of nitrogens with two attached hydrogens (primary N) is 1. The Morgan fingerprint density at radius 2 is 1.90 bits per heavy atom. The number of nitrogen functional groups attached to an aromatic ring is 1. The van der Waals surface area contributed by atoms with Gasteiger partial charge in [-0.25, -0.2) is 19.1 Å². The van der Waals surface area contributed by atoms with Crippen LogP contribution in [0.25, 0.3) is 5.52 Å². The Morgan fingerprint density at radius 3 is 2.50 bits per heavy atom. The van der Waals surface area contributed by atoms with Crippen molar-refractivity contribution in [3.05, 3.63) is 24.2 Å². The lowest BCUT2D eigenvalue weighted by molar-refractivity contribution is -0.163. The summed E-state index contributed by atoms with van der Waals surface area (Å²) in [6.07, 6.45) is -3.02. The summed E-state index contributed by atoms with van der Waals surface area (Å²) in [5, 5.41) is 18.3. The standard InChI is InChI=1S/C27H41N5O8/c1-14(2)11-19(33)37-12-17-21(38-24(35)20(15(3)4)31-25(36)40-26(5,6)7)22(34)27(8,39-17)18-10-9-16-23(28)29-13-30-32(16)18/h9-10,13-15,17,20-22,34H,11-12H2,1-8H3,(H,31,36)(H2,28,29,30)/t17-,20+,21-,22-,27+/m1/s1. The maximum atomic E-state index is 13.4. The van der Waals surface area contributed by atoms with Gasteiger partial charge in [-0.3, -0.25) is 4.79 Å². The molecule has 3 heterocycles. The van der Waals surface area contributed by atoms with Crippen molar-refractivity contribution in [3.8, 4) is 0 Å². The number of fused-ring (bicyclic) bond motifs is 1. The summed E-state index contributed by atoms with van der Waals surface area (Å²) in [6.45, 7) is 13.7. The van der Waals surface area contributed by atoms with Gasteiger partial charge in [0, 0.05) is 6.42 Å². The van der Waals surface area contributed by atoms with Gasteiger partial charge in [0.15, 0.2) is 11.9 Å². The molecule has 0 radical (unpaired) electrons. The number of aromatic nitrogens is 3. The molecule has 1 aliphatic heterocycles. The van der Waals surface area contributed by atoms with E-state index in [1.807, 2.05) is 13.8 Å². The molecule has 2 aromatic rings. The summed E-state index contributed by atoms with van der Waals surface area (Å²) in [5.41, 5.74) is 4.68. The Bertz CT molecular complexity index is 1220. The Kier molecular flexibility index (Phi) is 9.30. The van der Waals surface area contributed by atoms with Crippen LogP contribution in [0.1, 0.15) is 67.5 Å². The zero-order valence-electron chi connectivity index (χ0n) is 24.3. The van der Waals surface area contributed by atoms with Crippen LogP contribution < -0.4 is 11.1 Å². The largest absolute Gasteiger partial charge is 0.463 e. The van der Waals surface area contributed by atoms with Gasteiger partial charge in [-0.1, -0.05) is 27.7 Å². The van der Waals surface area contributed by atoms with Crippen LogP contribution in [0, 0.1) is 11.8 Å². The maximum Gasteiger partial charge on any atom is 0.408 e. The molecule has 0 saturated carbocycles. The van der Waals surface area contributed by atoms with E-state index in [0.717, 1.165) is 0 Å². The molecule has 4 N–H and O–H groups in total. The summed E-state index contributed by atoms with van der Waals surface area (Å²) < 4.78 is 24.3. The molecule has 0 unspecified atom stereocenters. The summed E-state index contributed by atoms with van der Waals surface area (Å²) >= 11 is 0. The van der Waals surface area contributed by atoms with Crippen LogP contribution in [0.5, 0.6) is 0 Å². The van der Waals surface area contributed by atoms with Crippen LogP contribution >= 0.6 is 0 Å². The van der Waals surface area contributed by atoms with E-state index in [-0.39, 0.29) is 30.7 Å². The molecule has 5 atom stereocenters. The Balaban J connectivity index is 1.90. The Labute approximate surface area is 233 Å². The molecule has 0 spiro atoms. The summed E-state index contributed by atoms with van der Waals surface area (Å²) in [7, 11) is 0. The SMILES string of the molecule is CC(C)CC(=O)OC[C@H]1O[C@@](C)(c2ccc3c(N)ncnn23)[C@H](O)[C@@H]1OC(=O)[C@@H](NC(=O)OC(C)(C)C)C(C)C. The third-order valence-corrected chi connectivity index (χ3v) is 6.46. The average Bonchev–Trinajstić information content (AvgIpc) is 3.36. The van der Waals surface area contributed by atoms with Gasteiger partial charge in [0.2, 0.25) is 0 Å². The van der Waals surface area contributed by atoms with E-state index in [4.69, 9.17) is 24.7 Å². The first kappa shape index (κ1) is 31.1. The van der Waals surface area contributed by atoms with Crippen molar-refractivity contribution in [3.63, 3.8) is 0 Å². The topological polar surface area (TPSA) is 177 Å². The van der Waals surface area contributed by atoms with Crippen LogP contribution in [-0.2, 0) is 34.1 Å². The number of hydrogen-bond acceptors (Lipinski definition) is 11. The molecule has 1 saturated heterocycles. The fourth-order valence-corrected chi connectivity index (χ4v) is 4.48. The van der Waals surface area contributed by atoms with Crippen molar-refractivity contribution in [1.82, 2.24) is 19.9 Å². The number of nitrogens with one attached hydrogen (secondary N) is 1. The molecule has 0 bridgehead atoms. The van der Waals surface area contributed by atoms with Crippen molar-refractivity contribution in [1.29, 1.82) is 0 Å². The summed E-state index contributed by atoms with van der Waals surface area (Å²) in [6, 6.07) is 2.28. The lowest BCUT2D eigenvalue weighted by atomic mass is 9.93. The number of rotatable bonds is 9. The van der Waals surface area contributed by atoms with Gasteiger partial charge in [0.25, 0.3) is 0 Å². The van der Waals surface area contributed by atoms with Gasteiger partial charge in [-0.05, 0) is 51.7 Å². The zero-order chi connectivity index (χ0) is 30.0. The van der Waals surface area contributed by atoms with Gasteiger partial charge in [-0.2, -0.15) is 5.10 Å². The highest BCUT2D eigenvalue weighted by Crippen LogP contribution is 2.42. The number of anilines is 1. The second-order valence-corrected chi connectivity index (χ2v) is 11.9. The number of hydrogen-bond donors (Lipinski definition) is 3. The van der Waals surface area contributed by atoms with Crippen LogP contribution in [-0.4, -0.2) is 74.3 Å². The molecular formula is C27H41N5O8. The zero-order valence-corrected chi connectivity index (χ0v) is 24.3. The second-order valence-electron chi connectivity index (χ2n) is 11.9. The quantitative estimate of drug-likeness (QED) is 0.301. The first-order valence-electron chi connectivity index (χ1n) is 13.3. The average molecular weight is 564 g/mol. The minimum absolute atomic E-state index is 0.0735. The third-order valence-electron chi connectivity index (χ3n) is 6.46. The molecule has 1 aliphatic rings. The van der Waals surface area contributed by atoms with E-state index >= 15 is 0 Å². The van der Waals surface area contributed by atoms with Gasteiger partial charge < -0.3 is 35.1 Å². The van der Waals surface area contributed by atoms with Crippen LogP contribution in [0.4, 0.5) is 10.6 Å². The first-order valence-corrected chi connectivity index (χ1v) is 13.3. The number of carbonyl (C=O) groups is 3. The van der Waals surface area contributed by atoms with E-state index < -0.39 is 53.6 Å². The summed E-state index contributed by atoms with van der Waals surface area (Å²) in [5.74, 6) is -1.32. The van der Waals surface area contributed by atoms with Crippen molar-refractivity contribution in [2.45, 2.75) is 97.4 Å². The normalized spacial score (nSPS) is 23.8. The lowest BCUT2D eigenvalue weighted by Gasteiger charge is -2.29. The molecule has 222 valence electrons. The molecule has 13 heteroatoms. The fourth-order valence-electron chi connectivity index (χ4n) is 4.48. The van der Waals surface area contributed by atoms with Gasteiger partial charge in [0.05, 0.1) is 5.69 Å². The number of alkyl carbamates (subject to hydrolysis) is 1. The second kappa shape index (κ2) is 12.0. The molecular weight excluding hydrogens is 522 g/mol. The monoisotopic (exact) mass is 563 g/mol. The number of esters is 2. The predicted octanol–water partition coefficient (Wildman–Crippen LogP) is 2.34. The van der Waals surface area contributed by atoms with E-state index in [0.29, 0.717) is 11.2 Å². The highest BCUT2D eigenvalue weighted by molar-refractivity contribution is 5.82. The number of nitrogens with zero attached hydrogens (tertiary/aromatic N) is 3. The molecule has 13 nitrogen and oxygen atoms in total. The molecule has 0 aliphatic carbocycles. The number of aliphatic hydroxyl groups excluding tert-OH is 1. The number of aliphatic hydroxyl groups is 1. The van der Waals surface area contributed by atoms with E-state index in [9.17, 15) is 19.5 Å². The molecule has 1 amide bonds. The first-order chi connectivity index (χ1) is 18.5. The Hall–Kier alpha value is -3.45. The molecule has 1 fully saturated rings. The molecule has 0 aromatic carbocycles.